The molecule has 0 amide bonds. The van der Waals surface area contributed by atoms with Crippen LogP contribution in [0.15, 0.2) is 18.2 Å². The van der Waals surface area contributed by atoms with Crippen LogP contribution < -0.4 is 10.5 Å². The highest BCUT2D eigenvalue weighted by atomic mass is 32.1. The Morgan fingerprint density at radius 2 is 2.17 bits per heavy atom. The number of rotatable bonds is 4. The van der Waals surface area contributed by atoms with E-state index in [1.807, 2.05) is 25.1 Å². The fourth-order valence-electron chi connectivity index (χ4n) is 2.08. The second kappa shape index (κ2) is 6.16. The van der Waals surface area contributed by atoms with E-state index in [-0.39, 0.29) is 0 Å². The highest BCUT2D eigenvalue weighted by molar-refractivity contribution is 7.80. The minimum Gasteiger partial charge on any atom is -0.493 e. The summed E-state index contributed by atoms with van der Waals surface area (Å²) in [4.78, 5) is 0.390. The molecule has 0 unspecified atom stereocenters. The van der Waals surface area contributed by atoms with Gasteiger partial charge in [-0.3, -0.25) is 0 Å². The van der Waals surface area contributed by atoms with Gasteiger partial charge >= 0.3 is 0 Å². The van der Waals surface area contributed by atoms with Crippen molar-refractivity contribution in [2.24, 2.45) is 11.7 Å². The van der Waals surface area contributed by atoms with Crippen LogP contribution in [0.2, 0.25) is 0 Å². The Bertz CT molecular complexity index is 428. The maximum absolute atomic E-state index is 5.87. The lowest BCUT2D eigenvalue weighted by molar-refractivity contribution is 0.0497. The van der Waals surface area contributed by atoms with E-state index in [1.165, 1.54) is 0 Å². The number of benzene rings is 1. The molecule has 0 aromatic heterocycles. The maximum Gasteiger partial charge on any atom is 0.129 e. The van der Waals surface area contributed by atoms with Gasteiger partial charge in [0.25, 0.3) is 0 Å². The first-order valence-electron chi connectivity index (χ1n) is 6.28. The monoisotopic (exact) mass is 265 g/mol. The Hall–Kier alpha value is -1.13. The molecule has 1 aromatic rings. The van der Waals surface area contributed by atoms with Crippen LogP contribution in [0.25, 0.3) is 0 Å². The van der Waals surface area contributed by atoms with Gasteiger partial charge in [0.05, 0.1) is 12.2 Å². The van der Waals surface area contributed by atoms with Crippen molar-refractivity contribution in [2.75, 3.05) is 19.8 Å². The van der Waals surface area contributed by atoms with E-state index in [0.29, 0.717) is 17.5 Å². The topological polar surface area (TPSA) is 44.5 Å². The fourth-order valence-corrected chi connectivity index (χ4v) is 2.24. The molecule has 1 aromatic carbocycles. The third-order valence-electron chi connectivity index (χ3n) is 3.22. The number of nitrogens with two attached hydrogens (primary N) is 1. The third kappa shape index (κ3) is 3.43. The Kier molecular flexibility index (Phi) is 4.55. The maximum atomic E-state index is 5.87. The zero-order valence-electron chi connectivity index (χ0n) is 10.6. The average Bonchev–Trinajstić information content (AvgIpc) is 2.38. The fraction of sp³-hybridized carbons (Fsp3) is 0.500. The van der Waals surface area contributed by atoms with Crippen molar-refractivity contribution in [2.45, 2.75) is 19.8 Å². The smallest absolute Gasteiger partial charge is 0.129 e. The predicted molar refractivity (Wildman–Crippen MR) is 76.1 cm³/mol. The zero-order chi connectivity index (χ0) is 13.0. The van der Waals surface area contributed by atoms with Gasteiger partial charge in [0.2, 0.25) is 0 Å². The molecular weight excluding hydrogens is 246 g/mol. The van der Waals surface area contributed by atoms with Crippen molar-refractivity contribution in [3.8, 4) is 5.75 Å². The second-order valence-electron chi connectivity index (χ2n) is 4.73. The molecule has 0 atom stereocenters. The van der Waals surface area contributed by atoms with Crippen LogP contribution in [-0.4, -0.2) is 24.8 Å². The molecule has 0 radical (unpaired) electrons. The molecule has 0 spiro atoms. The summed E-state index contributed by atoms with van der Waals surface area (Å²) in [6, 6.07) is 5.94. The van der Waals surface area contributed by atoms with E-state index in [2.05, 4.69) is 0 Å². The van der Waals surface area contributed by atoms with Gasteiger partial charge in [-0.15, -0.1) is 0 Å². The zero-order valence-corrected chi connectivity index (χ0v) is 11.5. The summed E-state index contributed by atoms with van der Waals surface area (Å²) >= 11 is 5.06. The largest absolute Gasteiger partial charge is 0.493 e. The van der Waals surface area contributed by atoms with E-state index in [0.717, 1.165) is 42.9 Å². The SMILES string of the molecule is Cc1ccc(OCC2CCOCC2)c(C(N)=S)c1. The van der Waals surface area contributed by atoms with E-state index < -0.39 is 0 Å². The van der Waals surface area contributed by atoms with E-state index >= 15 is 0 Å². The molecule has 2 rings (SSSR count). The van der Waals surface area contributed by atoms with Crippen LogP contribution in [-0.2, 0) is 4.74 Å². The lowest BCUT2D eigenvalue weighted by Gasteiger charge is -2.22. The van der Waals surface area contributed by atoms with Crippen LogP contribution >= 0.6 is 12.2 Å². The van der Waals surface area contributed by atoms with Gasteiger partial charge in [0.15, 0.2) is 0 Å². The summed E-state index contributed by atoms with van der Waals surface area (Å²) in [5, 5.41) is 0. The highest BCUT2D eigenvalue weighted by Crippen LogP contribution is 2.22. The Labute approximate surface area is 113 Å². The van der Waals surface area contributed by atoms with Gasteiger partial charge in [0, 0.05) is 13.2 Å². The molecule has 18 heavy (non-hydrogen) atoms. The molecule has 0 bridgehead atoms. The molecule has 0 saturated carbocycles. The first-order valence-corrected chi connectivity index (χ1v) is 6.68. The van der Waals surface area contributed by atoms with Crippen molar-refractivity contribution in [1.82, 2.24) is 0 Å². The van der Waals surface area contributed by atoms with Crippen molar-refractivity contribution in [3.05, 3.63) is 29.3 Å². The van der Waals surface area contributed by atoms with Gasteiger partial charge in [-0.05, 0) is 37.8 Å². The van der Waals surface area contributed by atoms with Crippen molar-refractivity contribution in [1.29, 1.82) is 0 Å². The second-order valence-corrected chi connectivity index (χ2v) is 5.17. The summed E-state index contributed by atoms with van der Waals surface area (Å²) in [6.45, 7) is 4.40. The number of hydrogen-bond donors (Lipinski definition) is 1. The van der Waals surface area contributed by atoms with Gasteiger partial charge in [-0.2, -0.15) is 0 Å². The summed E-state index contributed by atoms with van der Waals surface area (Å²) in [6.07, 6.45) is 2.13. The lowest BCUT2D eigenvalue weighted by atomic mass is 10.0. The lowest BCUT2D eigenvalue weighted by Crippen LogP contribution is -2.22. The quantitative estimate of drug-likeness (QED) is 0.849. The van der Waals surface area contributed by atoms with Crippen LogP contribution in [0.4, 0.5) is 0 Å². The molecule has 98 valence electrons. The van der Waals surface area contributed by atoms with Crippen LogP contribution in [0, 0.1) is 12.8 Å². The molecule has 1 fully saturated rings. The minimum absolute atomic E-state index is 0.390. The normalized spacial score (nSPS) is 16.5. The highest BCUT2D eigenvalue weighted by Gasteiger charge is 2.15. The van der Waals surface area contributed by atoms with Gasteiger partial charge in [-0.25, -0.2) is 0 Å². The van der Waals surface area contributed by atoms with Gasteiger partial charge < -0.3 is 15.2 Å². The molecule has 1 heterocycles. The van der Waals surface area contributed by atoms with E-state index in [1.54, 1.807) is 0 Å². The number of hydrogen-bond acceptors (Lipinski definition) is 3. The van der Waals surface area contributed by atoms with Crippen molar-refractivity contribution < 1.29 is 9.47 Å². The van der Waals surface area contributed by atoms with Crippen molar-refractivity contribution in [3.63, 3.8) is 0 Å². The predicted octanol–water partition coefficient (Wildman–Crippen LogP) is 2.43. The van der Waals surface area contributed by atoms with Gasteiger partial charge in [-0.1, -0.05) is 23.8 Å². The molecule has 1 aliphatic heterocycles. The molecule has 2 N–H and O–H groups in total. The average molecular weight is 265 g/mol. The van der Waals surface area contributed by atoms with Crippen LogP contribution in [0.5, 0.6) is 5.75 Å². The first-order chi connectivity index (χ1) is 8.66. The number of aryl methyl sites for hydroxylation is 1. The van der Waals surface area contributed by atoms with Crippen molar-refractivity contribution >= 4 is 17.2 Å². The summed E-state index contributed by atoms with van der Waals surface area (Å²) < 4.78 is 11.2. The standard InChI is InChI=1S/C14H19NO2S/c1-10-2-3-13(12(8-10)14(15)18)17-9-11-4-6-16-7-5-11/h2-3,8,11H,4-7,9H2,1H3,(H2,15,18). The van der Waals surface area contributed by atoms with E-state index in [9.17, 15) is 0 Å². The molecular formula is C14H19NO2S. The molecule has 3 nitrogen and oxygen atoms in total. The Morgan fingerprint density at radius 1 is 1.44 bits per heavy atom. The molecule has 0 aliphatic carbocycles. The first kappa shape index (κ1) is 13.3. The van der Waals surface area contributed by atoms with Crippen LogP contribution in [0.1, 0.15) is 24.0 Å². The summed E-state index contributed by atoms with van der Waals surface area (Å²) in [7, 11) is 0. The Balaban J connectivity index is 2.01. The number of ether oxygens (including phenoxy) is 2. The molecule has 1 aliphatic rings. The third-order valence-corrected chi connectivity index (χ3v) is 3.44. The summed E-state index contributed by atoms with van der Waals surface area (Å²) in [5.41, 5.74) is 7.69. The Morgan fingerprint density at radius 3 is 2.83 bits per heavy atom. The van der Waals surface area contributed by atoms with E-state index in [4.69, 9.17) is 27.4 Å². The van der Waals surface area contributed by atoms with Crippen LogP contribution in [0.3, 0.4) is 0 Å². The number of thiocarbonyl (C=S) groups is 1. The summed E-state index contributed by atoms with van der Waals surface area (Å²) in [5.74, 6) is 1.36. The molecule has 4 heteroatoms. The van der Waals surface area contributed by atoms with Gasteiger partial charge in [0.1, 0.15) is 10.7 Å². The minimum atomic E-state index is 0.390. The molecule has 1 saturated heterocycles.